The Kier molecular flexibility index (Phi) is 6.11. The van der Waals surface area contributed by atoms with E-state index in [0.717, 1.165) is 0 Å². The van der Waals surface area contributed by atoms with Crippen LogP contribution in [0.25, 0.3) is 0 Å². The fraction of sp³-hybridized carbons (Fsp3) is 0.947. The lowest BCUT2D eigenvalue weighted by atomic mass is 9.35. The Morgan fingerprint density at radius 2 is 1.20 bits per heavy atom. The summed E-state index contributed by atoms with van der Waals surface area (Å²) in [6.45, 7) is 2.28. The van der Waals surface area contributed by atoms with Gasteiger partial charge in [-0.1, -0.05) is 77.6 Å². The van der Waals surface area contributed by atoms with Crippen LogP contribution < -0.4 is 0 Å². The molecule has 3 fully saturated rings. The maximum absolute atomic E-state index is 10.8. The van der Waals surface area contributed by atoms with Crippen LogP contribution in [0.15, 0.2) is 0 Å². The van der Waals surface area contributed by atoms with Crippen molar-refractivity contribution < 1.29 is 4.79 Å². The quantitative estimate of drug-likeness (QED) is 0.296. The smallest absolute Gasteiger partial charge is 0.126 e. The Morgan fingerprint density at radius 1 is 0.750 bits per heavy atom. The van der Waals surface area contributed by atoms with Gasteiger partial charge in [-0.05, 0) is 31.1 Å². The minimum absolute atomic E-state index is 0.178. The summed E-state index contributed by atoms with van der Waals surface area (Å²) in [7, 11) is 0. The zero-order chi connectivity index (χ0) is 14.3. The predicted octanol–water partition coefficient (Wildman–Crippen LogP) is 6.06. The standard InChI is InChI=1S/C19H34O/c1-2-3-4-5-6-7-8-9-10-11-12-13-18-14-19(15-18,16-18)17-20/h17H,2-16H2,1H3. The first kappa shape index (κ1) is 16.0. The van der Waals surface area contributed by atoms with Crippen molar-refractivity contribution in [3.63, 3.8) is 0 Å². The summed E-state index contributed by atoms with van der Waals surface area (Å²) < 4.78 is 0. The number of hydrogen-bond donors (Lipinski definition) is 0. The van der Waals surface area contributed by atoms with Gasteiger partial charge in [-0.15, -0.1) is 0 Å². The van der Waals surface area contributed by atoms with Crippen molar-refractivity contribution in [2.75, 3.05) is 0 Å². The second-order valence-corrected chi connectivity index (χ2v) is 7.80. The minimum atomic E-state index is 0.178. The van der Waals surface area contributed by atoms with Crippen molar-refractivity contribution in [1.82, 2.24) is 0 Å². The van der Waals surface area contributed by atoms with Gasteiger partial charge in [0.2, 0.25) is 0 Å². The molecule has 0 saturated heterocycles. The SMILES string of the molecule is CCCCCCCCCCCCCC12CC(C=O)(C1)C2. The molecular weight excluding hydrogens is 244 g/mol. The Bertz CT molecular complexity index is 274. The average Bonchev–Trinajstić information content (AvgIpc) is 2.37. The lowest BCUT2D eigenvalue weighted by molar-refractivity contribution is -0.197. The molecule has 0 atom stereocenters. The molecule has 0 spiro atoms. The summed E-state index contributed by atoms with van der Waals surface area (Å²) in [5, 5.41) is 0. The van der Waals surface area contributed by atoms with Crippen molar-refractivity contribution in [1.29, 1.82) is 0 Å². The summed E-state index contributed by atoms with van der Waals surface area (Å²) in [4.78, 5) is 10.8. The topological polar surface area (TPSA) is 17.1 Å². The van der Waals surface area contributed by atoms with E-state index in [1.165, 1.54) is 103 Å². The van der Waals surface area contributed by atoms with Crippen LogP contribution in [-0.2, 0) is 4.79 Å². The molecule has 3 saturated carbocycles. The molecule has 0 aromatic rings. The highest BCUT2D eigenvalue weighted by molar-refractivity contribution is 5.66. The van der Waals surface area contributed by atoms with E-state index in [1.807, 2.05) is 0 Å². The number of carbonyl (C=O) groups is 1. The molecule has 3 rings (SSSR count). The molecule has 3 aliphatic rings. The minimum Gasteiger partial charge on any atom is -0.303 e. The van der Waals surface area contributed by atoms with Gasteiger partial charge in [0.15, 0.2) is 0 Å². The van der Waals surface area contributed by atoms with E-state index in [2.05, 4.69) is 6.92 Å². The van der Waals surface area contributed by atoms with Crippen LogP contribution in [0.5, 0.6) is 0 Å². The Hall–Kier alpha value is -0.330. The van der Waals surface area contributed by atoms with E-state index in [-0.39, 0.29) is 5.41 Å². The zero-order valence-corrected chi connectivity index (χ0v) is 13.6. The third-order valence-corrected chi connectivity index (χ3v) is 5.74. The molecule has 1 heteroatoms. The van der Waals surface area contributed by atoms with E-state index >= 15 is 0 Å². The monoisotopic (exact) mass is 278 g/mol. The van der Waals surface area contributed by atoms with Gasteiger partial charge < -0.3 is 4.79 Å². The molecule has 2 bridgehead atoms. The highest BCUT2D eigenvalue weighted by Crippen LogP contribution is 2.74. The number of rotatable bonds is 13. The third-order valence-electron chi connectivity index (χ3n) is 5.74. The first-order chi connectivity index (χ1) is 9.74. The van der Waals surface area contributed by atoms with Gasteiger partial charge >= 0.3 is 0 Å². The molecule has 1 nitrogen and oxygen atoms in total. The fourth-order valence-electron chi connectivity index (χ4n) is 4.64. The summed E-state index contributed by atoms with van der Waals surface area (Å²) >= 11 is 0. The number of aldehydes is 1. The van der Waals surface area contributed by atoms with Crippen LogP contribution in [0.1, 0.15) is 103 Å². The van der Waals surface area contributed by atoms with Gasteiger partial charge in [-0.3, -0.25) is 0 Å². The summed E-state index contributed by atoms with van der Waals surface area (Å²) in [6.07, 6.45) is 22.1. The lowest BCUT2D eigenvalue weighted by Gasteiger charge is -2.68. The van der Waals surface area contributed by atoms with E-state index in [9.17, 15) is 4.79 Å². The van der Waals surface area contributed by atoms with Crippen LogP contribution in [0.3, 0.4) is 0 Å². The van der Waals surface area contributed by atoms with Crippen LogP contribution in [-0.4, -0.2) is 6.29 Å². The van der Waals surface area contributed by atoms with Crippen molar-refractivity contribution in [2.45, 2.75) is 103 Å². The molecule has 0 heterocycles. The molecule has 0 amide bonds. The van der Waals surface area contributed by atoms with E-state index in [4.69, 9.17) is 0 Å². The average molecular weight is 278 g/mol. The van der Waals surface area contributed by atoms with Gasteiger partial charge in [0, 0.05) is 5.41 Å². The van der Waals surface area contributed by atoms with Crippen molar-refractivity contribution >= 4 is 6.29 Å². The normalized spacial score (nSPS) is 30.6. The van der Waals surface area contributed by atoms with E-state index in [0.29, 0.717) is 5.41 Å². The second-order valence-electron chi connectivity index (χ2n) is 7.80. The summed E-state index contributed by atoms with van der Waals surface area (Å²) in [5.74, 6) is 0. The highest BCUT2D eigenvalue weighted by Gasteiger charge is 2.66. The molecule has 116 valence electrons. The molecule has 0 unspecified atom stereocenters. The number of carbonyl (C=O) groups excluding carboxylic acids is 1. The largest absolute Gasteiger partial charge is 0.303 e. The van der Waals surface area contributed by atoms with Crippen LogP contribution in [0.2, 0.25) is 0 Å². The predicted molar refractivity (Wildman–Crippen MR) is 85.9 cm³/mol. The van der Waals surface area contributed by atoms with Crippen LogP contribution in [0, 0.1) is 10.8 Å². The second kappa shape index (κ2) is 7.61. The van der Waals surface area contributed by atoms with Crippen LogP contribution in [0.4, 0.5) is 0 Å². The molecule has 0 aromatic heterocycles. The van der Waals surface area contributed by atoms with Crippen molar-refractivity contribution in [2.24, 2.45) is 10.8 Å². The lowest BCUT2D eigenvalue weighted by Crippen LogP contribution is -2.62. The van der Waals surface area contributed by atoms with E-state index in [1.54, 1.807) is 0 Å². The molecule has 20 heavy (non-hydrogen) atoms. The van der Waals surface area contributed by atoms with Crippen LogP contribution >= 0.6 is 0 Å². The molecule has 0 radical (unpaired) electrons. The first-order valence-corrected chi connectivity index (χ1v) is 9.21. The third kappa shape index (κ3) is 4.09. The molecule has 3 aliphatic carbocycles. The number of unbranched alkanes of at least 4 members (excludes halogenated alkanes) is 10. The Morgan fingerprint density at radius 3 is 1.65 bits per heavy atom. The maximum Gasteiger partial charge on any atom is 0.126 e. The Balaban J connectivity index is 1.31. The van der Waals surface area contributed by atoms with Crippen molar-refractivity contribution in [3.05, 3.63) is 0 Å². The fourth-order valence-corrected chi connectivity index (χ4v) is 4.64. The molecule has 0 aromatic carbocycles. The number of hydrogen-bond acceptors (Lipinski definition) is 1. The van der Waals surface area contributed by atoms with Gasteiger partial charge in [-0.25, -0.2) is 0 Å². The first-order valence-electron chi connectivity index (χ1n) is 9.21. The zero-order valence-electron chi connectivity index (χ0n) is 13.6. The molecule has 0 N–H and O–H groups in total. The van der Waals surface area contributed by atoms with Gasteiger partial charge in [0.05, 0.1) is 0 Å². The molecular formula is C19H34O. The summed E-state index contributed by atoms with van der Waals surface area (Å²) in [6, 6.07) is 0. The van der Waals surface area contributed by atoms with Crippen molar-refractivity contribution in [3.8, 4) is 0 Å². The Labute approximate surface area is 125 Å². The van der Waals surface area contributed by atoms with Gasteiger partial charge in [-0.2, -0.15) is 0 Å². The summed E-state index contributed by atoms with van der Waals surface area (Å²) in [5.41, 5.74) is 0.817. The van der Waals surface area contributed by atoms with Gasteiger partial charge in [0.25, 0.3) is 0 Å². The maximum atomic E-state index is 10.8. The van der Waals surface area contributed by atoms with E-state index < -0.39 is 0 Å². The highest BCUT2D eigenvalue weighted by atomic mass is 16.1. The molecule has 0 aliphatic heterocycles. The van der Waals surface area contributed by atoms with Gasteiger partial charge in [0.1, 0.15) is 6.29 Å².